The van der Waals surface area contributed by atoms with E-state index in [4.69, 9.17) is 0 Å². The summed E-state index contributed by atoms with van der Waals surface area (Å²) in [6, 6.07) is 16.3. The highest BCUT2D eigenvalue weighted by molar-refractivity contribution is 9.10. The van der Waals surface area contributed by atoms with Crippen LogP contribution in [-0.2, 0) is 14.8 Å². The molecule has 1 atom stereocenters. The van der Waals surface area contributed by atoms with Crippen molar-refractivity contribution < 1.29 is 13.2 Å². The summed E-state index contributed by atoms with van der Waals surface area (Å²) in [5.74, 6) is 0.00270. The molecule has 6 nitrogen and oxygen atoms in total. The number of carbonyl (C=O) groups excluding carboxylic acids is 1. The largest absolute Gasteiger partial charge is 0.352 e. The molecule has 154 valence electrons. The number of nitrogens with zero attached hydrogens (tertiary/aromatic N) is 2. The predicted molar refractivity (Wildman–Crippen MR) is 115 cm³/mol. The van der Waals surface area contributed by atoms with E-state index in [1.807, 2.05) is 30.3 Å². The SMILES string of the molecule is O=C(NC1CC1)[C@@H](c1ccccc1)N1CCN(S(=O)(=O)c2ccc(Br)cc2)CC1. The minimum atomic E-state index is -3.54. The quantitative estimate of drug-likeness (QED) is 0.694. The Morgan fingerprint density at radius 3 is 2.17 bits per heavy atom. The van der Waals surface area contributed by atoms with Gasteiger partial charge in [-0.1, -0.05) is 46.3 Å². The maximum Gasteiger partial charge on any atom is 0.243 e. The molecular weight excluding hydrogens is 454 g/mol. The van der Waals surface area contributed by atoms with Crippen LogP contribution in [0, 0.1) is 0 Å². The highest BCUT2D eigenvalue weighted by atomic mass is 79.9. The normalized spacial score (nSPS) is 19.6. The standard InChI is InChI=1S/C21H24BrN3O3S/c22-17-6-10-19(11-7-17)29(27,28)25-14-12-24(13-15-25)20(16-4-2-1-3-5-16)21(26)23-18-8-9-18/h1-7,10-11,18,20H,8-9,12-15H2,(H,23,26)/t20-/m1/s1. The fourth-order valence-corrected chi connectivity index (χ4v) is 5.32. The first kappa shape index (κ1) is 20.5. The van der Waals surface area contributed by atoms with Gasteiger partial charge in [0.05, 0.1) is 4.90 Å². The Kier molecular flexibility index (Phi) is 6.06. The molecule has 0 spiro atoms. The van der Waals surface area contributed by atoms with Gasteiger partial charge in [-0.25, -0.2) is 8.42 Å². The zero-order valence-electron chi connectivity index (χ0n) is 16.0. The number of carbonyl (C=O) groups is 1. The lowest BCUT2D eigenvalue weighted by Gasteiger charge is -2.38. The third-order valence-corrected chi connectivity index (χ3v) is 7.82. The summed E-state index contributed by atoms with van der Waals surface area (Å²) in [5.41, 5.74) is 0.940. The molecule has 0 unspecified atom stereocenters. The van der Waals surface area contributed by atoms with Gasteiger partial charge in [-0.3, -0.25) is 9.69 Å². The van der Waals surface area contributed by atoms with E-state index in [-0.39, 0.29) is 11.9 Å². The molecule has 0 aromatic heterocycles. The summed E-state index contributed by atoms with van der Waals surface area (Å²) >= 11 is 3.34. The van der Waals surface area contributed by atoms with Crippen molar-refractivity contribution in [1.29, 1.82) is 0 Å². The highest BCUT2D eigenvalue weighted by Crippen LogP contribution is 2.27. The molecule has 4 rings (SSSR count). The van der Waals surface area contributed by atoms with Crippen molar-refractivity contribution in [2.75, 3.05) is 26.2 Å². The maximum atomic E-state index is 12.9. The van der Waals surface area contributed by atoms with Crippen molar-refractivity contribution in [3.63, 3.8) is 0 Å². The zero-order chi connectivity index (χ0) is 20.4. The van der Waals surface area contributed by atoms with E-state index in [2.05, 4.69) is 26.1 Å². The van der Waals surface area contributed by atoms with Crippen LogP contribution in [0.4, 0.5) is 0 Å². The van der Waals surface area contributed by atoms with Gasteiger partial charge < -0.3 is 5.32 Å². The summed E-state index contributed by atoms with van der Waals surface area (Å²) in [7, 11) is -3.54. The van der Waals surface area contributed by atoms with Gasteiger partial charge in [0.25, 0.3) is 0 Å². The van der Waals surface area contributed by atoms with Crippen LogP contribution >= 0.6 is 15.9 Å². The molecule has 1 saturated carbocycles. The number of nitrogens with one attached hydrogen (secondary N) is 1. The lowest BCUT2D eigenvalue weighted by Crippen LogP contribution is -2.52. The Morgan fingerprint density at radius 1 is 0.966 bits per heavy atom. The molecule has 8 heteroatoms. The molecule has 1 N–H and O–H groups in total. The monoisotopic (exact) mass is 477 g/mol. The second-order valence-corrected chi connectivity index (χ2v) is 10.3. The molecule has 2 aromatic rings. The van der Waals surface area contributed by atoms with E-state index in [1.165, 1.54) is 4.31 Å². The zero-order valence-corrected chi connectivity index (χ0v) is 18.4. The number of hydrogen-bond acceptors (Lipinski definition) is 4. The fourth-order valence-electron chi connectivity index (χ4n) is 3.63. The Morgan fingerprint density at radius 2 is 1.59 bits per heavy atom. The molecule has 1 aliphatic carbocycles. The summed E-state index contributed by atoms with van der Waals surface area (Å²) < 4.78 is 28.2. The van der Waals surface area contributed by atoms with Crippen LogP contribution < -0.4 is 5.32 Å². The number of amides is 1. The average molecular weight is 478 g/mol. The van der Waals surface area contributed by atoms with Crippen molar-refractivity contribution in [1.82, 2.24) is 14.5 Å². The van der Waals surface area contributed by atoms with E-state index >= 15 is 0 Å². The van der Waals surface area contributed by atoms with Gasteiger partial charge >= 0.3 is 0 Å². The first-order valence-corrected chi connectivity index (χ1v) is 12.0. The predicted octanol–water partition coefficient (Wildman–Crippen LogP) is 2.78. The van der Waals surface area contributed by atoms with Crippen LogP contribution in [0.3, 0.4) is 0 Å². The van der Waals surface area contributed by atoms with Crippen LogP contribution in [-0.4, -0.2) is 55.8 Å². The number of halogens is 1. The number of piperazine rings is 1. The van der Waals surface area contributed by atoms with E-state index in [0.29, 0.717) is 31.1 Å². The molecule has 1 aliphatic heterocycles. The van der Waals surface area contributed by atoms with E-state index < -0.39 is 16.1 Å². The third kappa shape index (κ3) is 4.71. The first-order valence-electron chi connectivity index (χ1n) is 9.80. The Hall–Kier alpha value is -1.74. The van der Waals surface area contributed by atoms with Gasteiger partial charge in [0.15, 0.2) is 0 Å². The van der Waals surface area contributed by atoms with Crippen molar-refractivity contribution in [3.05, 3.63) is 64.6 Å². The Bertz CT molecular complexity index is 954. The Balaban J connectivity index is 1.48. The third-order valence-electron chi connectivity index (χ3n) is 5.38. The molecule has 1 amide bonds. The Labute approximate surface area is 180 Å². The maximum absolute atomic E-state index is 12.9. The molecule has 29 heavy (non-hydrogen) atoms. The number of benzene rings is 2. The summed E-state index contributed by atoms with van der Waals surface area (Å²) in [6.07, 6.45) is 2.07. The van der Waals surface area contributed by atoms with Crippen molar-refractivity contribution >= 4 is 31.9 Å². The molecule has 0 radical (unpaired) electrons. The van der Waals surface area contributed by atoms with Gasteiger partial charge in [0.2, 0.25) is 15.9 Å². The summed E-state index contributed by atoms with van der Waals surface area (Å²) in [6.45, 7) is 1.73. The van der Waals surface area contributed by atoms with Gasteiger partial charge in [0, 0.05) is 36.7 Å². The minimum absolute atomic E-state index is 0.00270. The summed E-state index contributed by atoms with van der Waals surface area (Å²) in [4.78, 5) is 15.3. The van der Waals surface area contributed by atoms with E-state index in [9.17, 15) is 13.2 Å². The molecule has 2 aromatic carbocycles. The molecule has 0 bridgehead atoms. The second kappa shape index (κ2) is 8.55. The molecular formula is C21H24BrN3O3S. The van der Waals surface area contributed by atoms with Crippen LogP contribution in [0.2, 0.25) is 0 Å². The van der Waals surface area contributed by atoms with Crippen LogP contribution in [0.5, 0.6) is 0 Å². The van der Waals surface area contributed by atoms with Crippen LogP contribution in [0.15, 0.2) is 64.0 Å². The number of rotatable bonds is 6. The van der Waals surface area contributed by atoms with Crippen molar-refractivity contribution in [2.24, 2.45) is 0 Å². The molecule has 1 saturated heterocycles. The van der Waals surface area contributed by atoms with Crippen LogP contribution in [0.1, 0.15) is 24.4 Å². The van der Waals surface area contributed by atoms with Crippen LogP contribution in [0.25, 0.3) is 0 Å². The topological polar surface area (TPSA) is 69.7 Å². The lowest BCUT2D eigenvalue weighted by atomic mass is 10.0. The van der Waals surface area contributed by atoms with E-state index in [1.54, 1.807) is 24.3 Å². The van der Waals surface area contributed by atoms with E-state index in [0.717, 1.165) is 22.9 Å². The highest BCUT2D eigenvalue weighted by Gasteiger charge is 2.36. The number of hydrogen-bond donors (Lipinski definition) is 1. The molecule has 2 aliphatic rings. The number of sulfonamides is 1. The minimum Gasteiger partial charge on any atom is -0.352 e. The smallest absolute Gasteiger partial charge is 0.243 e. The lowest BCUT2D eigenvalue weighted by molar-refractivity contribution is -0.127. The second-order valence-electron chi connectivity index (χ2n) is 7.49. The van der Waals surface area contributed by atoms with Gasteiger partial charge in [-0.2, -0.15) is 4.31 Å². The summed E-state index contributed by atoms with van der Waals surface area (Å²) in [5, 5.41) is 3.11. The first-order chi connectivity index (χ1) is 13.9. The van der Waals surface area contributed by atoms with Crippen molar-refractivity contribution in [3.8, 4) is 0 Å². The van der Waals surface area contributed by atoms with Gasteiger partial charge in [-0.05, 0) is 42.7 Å². The average Bonchev–Trinajstić information content (AvgIpc) is 3.54. The van der Waals surface area contributed by atoms with Gasteiger partial charge in [0.1, 0.15) is 6.04 Å². The fraction of sp³-hybridized carbons (Fsp3) is 0.381. The molecule has 1 heterocycles. The van der Waals surface area contributed by atoms with Gasteiger partial charge in [-0.15, -0.1) is 0 Å². The van der Waals surface area contributed by atoms with Crippen molar-refractivity contribution in [2.45, 2.75) is 29.8 Å². The molecule has 2 fully saturated rings.